The van der Waals surface area contributed by atoms with Gasteiger partial charge in [0.25, 0.3) is 0 Å². The van der Waals surface area contributed by atoms with E-state index in [-0.39, 0.29) is 5.25 Å². The summed E-state index contributed by atoms with van der Waals surface area (Å²) in [6, 6.07) is 0.360. The van der Waals surface area contributed by atoms with Crippen molar-refractivity contribution >= 4 is 29.4 Å². The van der Waals surface area contributed by atoms with Crippen molar-refractivity contribution in [2.45, 2.75) is 18.2 Å². The molecular formula is C10H18N2OS2. The Hall–Kier alpha value is 0.130. The third-order valence-corrected chi connectivity index (χ3v) is 5.62. The van der Waals surface area contributed by atoms with Gasteiger partial charge >= 0.3 is 0 Å². The smallest absolute Gasteiger partial charge is 0.236 e. The SMILES string of the molecule is C[C@@H]1CNCCN1C(=O)C1CSCCS1. The summed E-state index contributed by atoms with van der Waals surface area (Å²) >= 11 is 3.75. The molecule has 1 unspecified atom stereocenters. The number of rotatable bonds is 1. The van der Waals surface area contributed by atoms with Crippen molar-refractivity contribution in [3.8, 4) is 0 Å². The monoisotopic (exact) mass is 246 g/mol. The molecule has 2 heterocycles. The number of hydrogen-bond donors (Lipinski definition) is 1. The van der Waals surface area contributed by atoms with Crippen LogP contribution in [0.2, 0.25) is 0 Å². The molecule has 1 N–H and O–H groups in total. The van der Waals surface area contributed by atoms with Crippen molar-refractivity contribution in [3.63, 3.8) is 0 Å². The molecule has 0 saturated carbocycles. The lowest BCUT2D eigenvalue weighted by molar-refractivity contribution is -0.132. The summed E-state index contributed by atoms with van der Waals surface area (Å²) in [6.07, 6.45) is 0. The fourth-order valence-electron chi connectivity index (χ4n) is 1.98. The van der Waals surface area contributed by atoms with Crippen molar-refractivity contribution in [1.29, 1.82) is 0 Å². The molecule has 0 aliphatic carbocycles. The number of carbonyl (C=O) groups is 1. The Balaban J connectivity index is 1.92. The number of carbonyl (C=O) groups excluding carboxylic acids is 1. The predicted octanol–water partition coefficient (Wildman–Crippen LogP) is 0.655. The first-order valence-corrected chi connectivity index (χ1v) is 7.70. The highest BCUT2D eigenvalue weighted by Crippen LogP contribution is 2.26. The lowest BCUT2D eigenvalue weighted by atomic mass is 10.2. The van der Waals surface area contributed by atoms with Gasteiger partial charge in [0.15, 0.2) is 0 Å². The summed E-state index contributed by atoms with van der Waals surface area (Å²) < 4.78 is 0. The second-order valence-electron chi connectivity index (χ2n) is 4.02. The maximum atomic E-state index is 12.2. The predicted molar refractivity (Wildman–Crippen MR) is 67.6 cm³/mol. The summed E-state index contributed by atoms with van der Waals surface area (Å²) in [4.78, 5) is 14.3. The van der Waals surface area contributed by atoms with E-state index in [0.717, 1.165) is 31.1 Å². The Morgan fingerprint density at radius 1 is 1.47 bits per heavy atom. The van der Waals surface area contributed by atoms with Crippen LogP contribution in [0.15, 0.2) is 0 Å². The van der Waals surface area contributed by atoms with Crippen LogP contribution in [0.3, 0.4) is 0 Å². The highest BCUT2D eigenvalue weighted by atomic mass is 32.2. The van der Waals surface area contributed by atoms with Gasteiger partial charge in [-0.1, -0.05) is 0 Å². The minimum absolute atomic E-state index is 0.212. The van der Waals surface area contributed by atoms with Gasteiger partial charge < -0.3 is 10.2 Å². The number of hydrogen-bond acceptors (Lipinski definition) is 4. The quantitative estimate of drug-likeness (QED) is 0.736. The minimum Gasteiger partial charge on any atom is -0.336 e. The second-order valence-corrected chi connectivity index (χ2v) is 6.48. The fraction of sp³-hybridized carbons (Fsp3) is 0.900. The summed E-state index contributed by atoms with van der Waals surface area (Å²) in [5.74, 6) is 3.69. The van der Waals surface area contributed by atoms with E-state index >= 15 is 0 Å². The summed E-state index contributed by atoms with van der Waals surface area (Å²) in [6.45, 7) is 4.89. The van der Waals surface area contributed by atoms with Crippen molar-refractivity contribution in [3.05, 3.63) is 0 Å². The van der Waals surface area contributed by atoms with Gasteiger partial charge in [0.05, 0.1) is 5.25 Å². The van der Waals surface area contributed by atoms with E-state index in [1.807, 2.05) is 23.5 Å². The molecule has 2 rings (SSSR count). The maximum Gasteiger partial charge on any atom is 0.236 e. The summed E-state index contributed by atoms with van der Waals surface area (Å²) in [5, 5.41) is 3.53. The second kappa shape index (κ2) is 5.46. The molecule has 2 aliphatic heterocycles. The maximum absolute atomic E-state index is 12.2. The largest absolute Gasteiger partial charge is 0.336 e. The molecule has 2 saturated heterocycles. The zero-order valence-electron chi connectivity index (χ0n) is 9.07. The van der Waals surface area contributed by atoms with Crippen LogP contribution < -0.4 is 5.32 Å². The average Bonchev–Trinajstić information content (AvgIpc) is 2.30. The summed E-state index contributed by atoms with van der Waals surface area (Å²) in [5.41, 5.74) is 0. The molecule has 1 amide bonds. The van der Waals surface area contributed by atoms with E-state index in [0.29, 0.717) is 11.9 Å². The molecule has 0 radical (unpaired) electrons. The molecule has 3 nitrogen and oxygen atoms in total. The van der Waals surface area contributed by atoms with Gasteiger partial charge in [-0.15, -0.1) is 11.8 Å². The number of piperazine rings is 1. The van der Waals surface area contributed by atoms with E-state index in [9.17, 15) is 4.79 Å². The normalized spacial score (nSPS) is 32.7. The van der Waals surface area contributed by atoms with Crippen molar-refractivity contribution < 1.29 is 4.79 Å². The van der Waals surface area contributed by atoms with Crippen LogP contribution >= 0.6 is 23.5 Å². The van der Waals surface area contributed by atoms with Gasteiger partial charge in [-0.05, 0) is 6.92 Å². The van der Waals surface area contributed by atoms with Crippen LogP contribution in [0.1, 0.15) is 6.92 Å². The molecule has 0 aromatic carbocycles. The molecule has 2 fully saturated rings. The van der Waals surface area contributed by atoms with E-state index in [1.165, 1.54) is 5.75 Å². The first-order valence-electron chi connectivity index (χ1n) is 5.49. The van der Waals surface area contributed by atoms with Crippen LogP contribution in [0.25, 0.3) is 0 Å². The topological polar surface area (TPSA) is 32.3 Å². The van der Waals surface area contributed by atoms with Crippen LogP contribution in [0.4, 0.5) is 0 Å². The lowest BCUT2D eigenvalue weighted by Crippen LogP contribution is -2.55. The Morgan fingerprint density at radius 2 is 2.33 bits per heavy atom. The number of amides is 1. The fourth-order valence-corrected chi connectivity index (χ4v) is 4.60. The minimum atomic E-state index is 0.212. The number of nitrogens with one attached hydrogen (secondary N) is 1. The van der Waals surface area contributed by atoms with E-state index in [2.05, 4.69) is 17.1 Å². The zero-order valence-corrected chi connectivity index (χ0v) is 10.7. The van der Waals surface area contributed by atoms with E-state index in [1.54, 1.807) is 0 Å². The first kappa shape index (κ1) is 11.6. The summed E-state index contributed by atoms with van der Waals surface area (Å²) in [7, 11) is 0. The molecule has 5 heteroatoms. The molecule has 86 valence electrons. The number of nitrogens with zero attached hydrogens (tertiary/aromatic N) is 1. The van der Waals surface area contributed by atoms with E-state index in [4.69, 9.17) is 0 Å². The van der Waals surface area contributed by atoms with Crippen molar-refractivity contribution in [2.24, 2.45) is 0 Å². The van der Waals surface area contributed by atoms with Gasteiger partial charge in [-0.2, -0.15) is 11.8 Å². The molecular weight excluding hydrogens is 228 g/mol. The molecule has 2 atom stereocenters. The Kier molecular flexibility index (Phi) is 4.22. The molecule has 0 aromatic heterocycles. The Labute approximate surface area is 99.7 Å². The molecule has 15 heavy (non-hydrogen) atoms. The third-order valence-electron chi connectivity index (χ3n) is 2.88. The van der Waals surface area contributed by atoms with Gasteiger partial charge in [-0.3, -0.25) is 4.79 Å². The zero-order chi connectivity index (χ0) is 10.7. The standard InChI is InChI=1S/C10H18N2OS2/c1-8-6-11-2-3-12(8)10(13)9-7-14-4-5-15-9/h8-9,11H,2-7H2,1H3/t8-,9?/m1/s1. The molecule has 0 bridgehead atoms. The van der Waals surface area contributed by atoms with Crippen molar-refractivity contribution in [1.82, 2.24) is 10.2 Å². The van der Waals surface area contributed by atoms with Crippen LogP contribution in [-0.2, 0) is 4.79 Å². The highest BCUT2D eigenvalue weighted by Gasteiger charge is 2.30. The average molecular weight is 246 g/mol. The highest BCUT2D eigenvalue weighted by molar-refractivity contribution is 8.07. The van der Waals surface area contributed by atoms with Crippen molar-refractivity contribution in [2.75, 3.05) is 36.9 Å². The Bertz CT molecular complexity index is 231. The third kappa shape index (κ3) is 2.82. The van der Waals surface area contributed by atoms with E-state index < -0.39 is 0 Å². The molecule has 2 aliphatic rings. The molecule has 0 aromatic rings. The number of thioether (sulfide) groups is 2. The molecule has 0 spiro atoms. The van der Waals surface area contributed by atoms with Crippen LogP contribution in [-0.4, -0.2) is 59.0 Å². The lowest BCUT2D eigenvalue weighted by Gasteiger charge is -2.36. The van der Waals surface area contributed by atoms with Gasteiger partial charge in [0.1, 0.15) is 0 Å². The van der Waals surface area contributed by atoms with Crippen LogP contribution in [0, 0.1) is 0 Å². The Morgan fingerprint density at radius 3 is 3.00 bits per heavy atom. The van der Waals surface area contributed by atoms with Crippen LogP contribution in [0.5, 0.6) is 0 Å². The first-order chi connectivity index (χ1) is 7.29. The van der Waals surface area contributed by atoms with Gasteiger partial charge in [-0.25, -0.2) is 0 Å². The van der Waals surface area contributed by atoms with Gasteiger partial charge in [0.2, 0.25) is 5.91 Å². The van der Waals surface area contributed by atoms with Gasteiger partial charge in [0, 0.05) is 42.9 Å².